The van der Waals surface area contributed by atoms with Gasteiger partial charge in [-0.1, -0.05) is 6.07 Å². The van der Waals surface area contributed by atoms with Crippen LogP contribution in [0, 0.1) is 0 Å². The minimum atomic E-state index is -0.729. The summed E-state index contributed by atoms with van der Waals surface area (Å²) in [5, 5.41) is 5.26. The summed E-state index contributed by atoms with van der Waals surface area (Å²) in [7, 11) is 1.43. The van der Waals surface area contributed by atoms with Crippen LogP contribution in [0.4, 0.5) is 4.79 Å². The fourth-order valence-electron chi connectivity index (χ4n) is 2.59. The predicted molar refractivity (Wildman–Crippen MR) is 94.6 cm³/mol. The van der Waals surface area contributed by atoms with Crippen LogP contribution in [0.5, 0.6) is 11.5 Å². The Morgan fingerprint density at radius 3 is 2.67 bits per heavy atom. The Bertz CT molecular complexity index is 777. The molecular weight excluding hydrogens is 356 g/mol. The molecule has 0 radical (unpaired) electrons. The summed E-state index contributed by atoms with van der Waals surface area (Å²) in [5.41, 5.74) is 3.23. The molecule has 10 nitrogen and oxygen atoms in total. The number of methoxy groups -OCH3 is 1. The number of hydrazine groups is 1. The number of allylic oxidation sites excluding steroid dienone is 1. The van der Waals surface area contributed by atoms with Gasteiger partial charge in [-0.15, -0.1) is 0 Å². The van der Waals surface area contributed by atoms with Gasteiger partial charge in [-0.2, -0.15) is 0 Å². The standard InChI is InChI=1S/C17H22N4O6/c1-4-26-16(23)14-9(2)19-17(24)20-15(14)10-5-6-11(12(7-10)25-3)27-8-13(22)21-18/h5-7,15H,4,8,18H2,1-3H3,(H,21,22)(H2,19,20,24). The molecule has 0 spiro atoms. The van der Waals surface area contributed by atoms with Gasteiger partial charge >= 0.3 is 12.0 Å². The van der Waals surface area contributed by atoms with E-state index in [0.717, 1.165) is 0 Å². The summed E-state index contributed by atoms with van der Waals surface area (Å²) < 4.78 is 15.7. The molecule has 0 bridgehead atoms. The van der Waals surface area contributed by atoms with Gasteiger partial charge < -0.3 is 24.8 Å². The first-order valence-electron chi connectivity index (χ1n) is 8.16. The SMILES string of the molecule is CCOC(=O)C1=C(C)NC(=O)NC1c1ccc(OCC(=O)NN)c(OC)c1. The van der Waals surface area contributed by atoms with Gasteiger partial charge in [-0.3, -0.25) is 10.2 Å². The zero-order chi connectivity index (χ0) is 20.0. The van der Waals surface area contributed by atoms with Crippen LogP contribution in [0.25, 0.3) is 0 Å². The summed E-state index contributed by atoms with van der Waals surface area (Å²) >= 11 is 0. The molecule has 0 aromatic heterocycles. The van der Waals surface area contributed by atoms with Gasteiger partial charge in [0.2, 0.25) is 0 Å². The van der Waals surface area contributed by atoms with Crippen molar-refractivity contribution in [3.05, 3.63) is 35.0 Å². The monoisotopic (exact) mass is 378 g/mol. The van der Waals surface area contributed by atoms with Crippen molar-refractivity contribution in [2.75, 3.05) is 20.3 Å². The highest BCUT2D eigenvalue weighted by Crippen LogP contribution is 2.34. The number of nitrogens with one attached hydrogen (secondary N) is 3. The Morgan fingerprint density at radius 1 is 1.30 bits per heavy atom. The molecule has 0 fully saturated rings. The van der Waals surface area contributed by atoms with Gasteiger partial charge in [0.05, 0.1) is 25.3 Å². The Balaban J connectivity index is 2.36. The molecule has 1 aromatic rings. The summed E-state index contributed by atoms with van der Waals surface area (Å²) in [6.45, 7) is 3.24. The molecule has 1 atom stereocenters. The third kappa shape index (κ3) is 4.67. The smallest absolute Gasteiger partial charge is 0.338 e. The zero-order valence-electron chi connectivity index (χ0n) is 15.3. The Morgan fingerprint density at radius 2 is 2.04 bits per heavy atom. The summed E-state index contributed by atoms with van der Waals surface area (Å²) in [4.78, 5) is 35.5. The number of ether oxygens (including phenoxy) is 3. The largest absolute Gasteiger partial charge is 0.493 e. The second-order valence-corrected chi connectivity index (χ2v) is 5.56. The van der Waals surface area contributed by atoms with E-state index in [1.54, 1.807) is 32.0 Å². The van der Waals surface area contributed by atoms with Gasteiger partial charge in [0.1, 0.15) is 0 Å². The second-order valence-electron chi connectivity index (χ2n) is 5.56. The van der Waals surface area contributed by atoms with Crippen molar-refractivity contribution < 1.29 is 28.6 Å². The van der Waals surface area contributed by atoms with Gasteiger partial charge in [-0.25, -0.2) is 15.4 Å². The van der Waals surface area contributed by atoms with Crippen molar-refractivity contribution >= 4 is 17.9 Å². The first kappa shape index (κ1) is 20.0. The van der Waals surface area contributed by atoms with Crippen molar-refractivity contribution in [1.82, 2.24) is 16.1 Å². The van der Waals surface area contributed by atoms with Crippen molar-refractivity contribution in [2.24, 2.45) is 5.84 Å². The van der Waals surface area contributed by atoms with Gasteiger partial charge in [0.15, 0.2) is 18.1 Å². The third-order valence-corrected chi connectivity index (χ3v) is 3.81. The maximum absolute atomic E-state index is 12.3. The van der Waals surface area contributed by atoms with Gasteiger partial charge in [-0.05, 0) is 31.5 Å². The molecule has 1 aliphatic heterocycles. The number of carbonyl (C=O) groups is 3. The molecular formula is C17H22N4O6. The Kier molecular flexibility index (Phi) is 6.61. The predicted octanol–water partition coefficient (Wildman–Crippen LogP) is 0.255. The van der Waals surface area contributed by atoms with Crippen LogP contribution >= 0.6 is 0 Å². The Labute approximate surface area is 156 Å². The van der Waals surface area contributed by atoms with E-state index in [9.17, 15) is 14.4 Å². The molecule has 0 saturated carbocycles. The van der Waals surface area contributed by atoms with Crippen molar-refractivity contribution in [2.45, 2.75) is 19.9 Å². The van der Waals surface area contributed by atoms with E-state index in [4.69, 9.17) is 20.1 Å². The van der Waals surface area contributed by atoms with Crippen LogP contribution in [0.3, 0.4) is 0 Å². The minimum absolute atomic E-state index is 0.204. The highest BCUT2D eigenvalue weighted by Gasteiger charge is 2.32. The van der Waals surface area contributed by atoms with Crippen LogP contribution in [-0.2, 0) is 14.3 Å². The lowest BCUT2D eigenvalue weighted by molar-refractivity contribution is -0.139. The lowest BCUT2D eigenvalue weighted by Crippen LogP contribution is -2.45. The molecule has 3 amide bonds. The van der Waals surface area contributed by atoms with Crippen LogP contribution in [0.1, 0.15) is 25.5 Å². The van der Waals surface area contributed by atoms with E-state index >= 15 is 0 Å². The molecule has 1 heterocycles. The molecule has 1 unspecified atom stereocenters. The highest BCUT2D eigenvalue weighted by molar-refractivity contribution is 5.95. The third-order valence-electron chi connectivity index (χ3n) is 3.81. The van der Waals surface area contributed by atoms with Crippen LogP contribution in [0.15, 0.2) is 29.5 Å². The average molecular weight is 378 g/mol. The van der Waals surface area contributed by atoms with E-state index in [0.29, 0.717) is 22.8 Å². The molecule has 0 saturated heterocycles. The number of esters is 1. The normalized spacial score (nSPS) is 16.1. The quantitative estimate of drug-likeness (QED) is 0.231. The summed E-state index contributed by atoms with van der Waals surface area (Å²) in [6, 6.07) is 3.67. The molecule has 1 aromatic carbocycles. The minimum Gasteiger partial charge on any atom is -0.493 e. The van der Waals surface area contributed by atoms with Crippen LogP contribution in [-0.4, -0.2) is 38.2 Å². The molecule has 5 N–H and O–H groups in total. The number of hydrogen-bond acceptors (Lipinski definition) is 7. The number of rotatable bonds is 7. The first-order chi connectivity index (χ1) is 12.9. The number of amides is 3. The molecule has 1 aliphatic rings. The molecule has 2 rings (SSSR count). The summed E-state index contributed by atoms with van der Waals surface area (Å²) in [5.74, 6) is 4.61. The highest BCUT2D eigenvalue weighted by atomic mass is 16.5. The lowest BCUT2D eigenvalue weighted by atomic mass is 9.95. The fourth-order valence-corrected chi connectivity index (χ4v) is 2.59. The van der Waals surface area contributed by atoms with E-state index in [2.05, 4.69) is 10.6 Å². The van der Waals surface area contributed by atoms with E-state index in [1.807, 2.05) is 5.43 Å². The second kappa shape index (κ2) is 8.90. The number of nitrogens with two attached hydrogens (primary N) is 1. The Hall–Kier alpha value is -3.27. The van der Waals surface area contributed by atoms with Gasteiger partial charge in [0, 0.05) is 5.70 Å². The summed E-state index contributed by atoms with van der Waals surface area (Å²) in [6.07, 6.45) is 0. The number of hydrogen-bond donors (Lipinski definition) is 4. The topological polar surface area (TPSA) is 141 Å². The molecule has 0 aliphatic carbocycles. The number of urea groups is 1. The average Bonchev–Trinajstić information content (AvgIpc) is 2.65. The van der Waals surface area contributed by atoms with Crippen molar-refractivity contribution in [3.63, 3.8) is 0 Å². The first-order valence-corrected chi connectivity index (χ1v) is 8.16. The molecule has 10 heteroatoms. The maximum atomic E-state index is 12.3. The van der Waals surface area contributed by atoms with Crippen molar-refractivity contribution in [1.29, 1.82) is 0 Å². The van der Waals surface area contributed by atoms with Gasteiger partial charge in [0.25, 0.3) is 5.91 Å². The number of carbonyl (C=O) groups excluding carboxylic acids is 3. The lowest BCUT2D eigenvalue weighted by Gasteiger charge is -2.28. The van der Waals surface area contributed by atoms with E-state index < -0.39 is 23.9 Å². The van der Waals surface area contributed by atoms with Crippen LogP contribution < -0.4 is 31.4 Å². The molecule has 146 valence electrons. The van der Waals surface area contributed by atoms with E-state index in [-0.39, 0.29) is 18.8 Å². The van der Waals surface area contributed by atoms with E-state index in [1.165, 1.54) is 7.11 Å². The number of benzene rings is 1. The van der Waals surface area contributed by atoms with Crippen LogP contribution in [0.2, 0.25) is 0 Å². The zero-order valence-corrected chi connectivity index (χ0v) is 15.3. The van der Waals surface area contributed by atoms with Crippen molar-refractivity contribution in [3.8, 4) is 11.5 Å². The fraction of sp³-hybridized carbons (Fsp3) is 0.353. The molecule has 27 heavy (non-hydrogen) atoms. The maximum Gasteiger partial charge on any atom is 0.338 e.